The number of aryl methyl sites for hydroxylation is 1. The summed E-state index contributed by atoms with van der Waals surface area (Å²) in [6, 6.07) is 15.3. The van der Waals surface area contributed by atoms with Crippen molar-refractivity contribution < 1.29 is 14.3 Å². The number of aromatic nitrogens is 1. The molecule has 0 unspecified atom stereocenters. The van der Waals surface area contributed by atoms with E-state index in [9.17, 15) is 4.79 Å². The molecule has 27 heavy (non-hydrogen) atoms. The van der Waals surface area contributed by atoms with Crippen LogP contribution in [0.25, 0.3) is 10.9 Å². The van der Waals surface area contributed by atoms with E-state index >= 15 is 0 Å². The fraction of sp³-hybridized carbons (Fsp3) is 0.238. The predicted molar refractivity (Wildman–Crippen MR) is 110 cm³/mol. The lowest BCUT2D eigenvalue weighted by molar-refractivity contribution is -0.115. The second-order valence-corrected chi connectivity index (χ2v) is 7.10. The van der Waals surface area contributed by atoms with E-state index in [0.29, 0.717) is 23.6 Å². The Labute approximate surface area is 163 Å². The maximum Gasteiger partial charge on any atom is 0.225 e. The van der Waals surface area contributed by atoms with Crippen LogP contribution in [0.3, 0.4) is 0 Å². The average Bonchev–Trinajstić information content (AvgIpc) is 2.68. The number of carbonyl (C=O) groups is 1. The van der Waals surface area contributed by atoms with Crippen LogP contribution >= 0.6 is 11.8 Å². The van der Waals surface area contributed by atoms with E-state index in [1.165, 1.54) is 0 Å². The number of fused-ring (bicyclic) bond motifs is 1. The molecular formula is C21H22N2O3S. The number of methoxy groups -OCH3 is 2. The van der Waals surface area contributed by atoms with Crippen LogP contribution in [0.15, 0.2) is 53.6 Å². The smallest absolute Gasteiger partial charge is 0.225 e. The van der Waals surface area contributed by atoms with Gasteiger partial charge in [0.2, 0.25) is 5.91 Å². The minimum atomic E-state index is -0.0536. The second-order valence-electron chi connectivity index (χ2n) is 5.98. The third-order valence-corrected chi connectivity index (χ3v) is 5.08. The summed E-state index contributed by atoms with van der Waals surface area (Å²) in [5, 5.41) is 4.85. The number of carbonyl (C=O) groups excluding carboxylic acids is 1. The molecule has 6 heteroatoms. The number of rotatable bonds is 7. The maximum atomic E-state index is 12.2. The number of benzene rings is 2. The third kappa shape index (κ3) is 4.52. The average molecular weight is 382 g/mol. The van der Waals surface area contributed by atoms with E-state index in [4.69, 9.17) is 14.5 Å². The summed E-state index contributed by atoms with van der Waals surface area (Å²) in [5.41, 5.74) is 2.67. The van der Waals surface area contributed by atoms with E-state index in [1.54, 1.807) is 26.0 Å². The molecule has 1 heterocycles. The summed E-state index contributed by atoms with van der Waals surface area (Å²) < 4.78 is 10.7. The first-order valence-corrected chi connectivity index (χ1v) is 9.61. The van der Waals surface area contributed by atoms with Crippen LogP contribution < -0.4 is 14.8 Å². The van der Waals surface area contributed by atoms with Crippen molar-refractivity contribution in [3.8, 4) is 11.5 Å². The number of anilines is 1. The van der Waals surface area contributed by atoms with Gasteiger partial charge in [-0.3, -0.25) is 4.79 Å². The normalized spacial score (nSPS) is 10.6. The lowest BCUT2D eigenvalue weighted by Gasteiger charge is -2.10. The standard InChI is InChI=1S/C21H22N2O3S/c1-14-13-20(23-21-15(14)7-6-10-18(21)26-3)27-12-11-19(24)22-16-8-4-5-9-17(16)25-2/h4-10,13H,11-12H2,1-3H3,(H,22,24). The van der Waals surface area contributed by atoms with Crippen LogP contribution in [0.4, 0.5) is 5.69 Å². The van der Waals surface area contributed by atoms with Crippen LogP contribution in [-0.4, -0.2) is 30.9 Å². The monoisotopic (exact) mass is 382 g/mol. The molecule has 3 aromatic rings. The highest BCUT2D eigenvalue weighted by Gasteiger charge is 2.10. The van der Waals surface area contributed by atoms with Gasteiger partial charge < -0.3 is 14.8 Å². The van der Waals surface area contributed by atoms with E-state index in [-0.39, 0.29) is 5.91 Å². The summed E-state index contributed by atoms with van der Waals surface area (Å²) in [5.74, 6) is 1.99. The zero-order valence-corrected chi connectivity index (χ0v) is 16.4. The number of pyridine rings is 1. The molecule has 0 aliphatic rings. The molecule has 0 radical (unpaired) electrons. The summed E-state index contributed by atoms with van der Waals surface area (Å²) >= 11 is 1.56. The van der Waals surface area contributed by atoms with Gasteiger partial charge in [-0.1, -0.05) is 24.3 Å². The Bertz CT molecular complexity index is 959. The Hall–Kier alpha value is -2.73. The molecule has 140 valence electrons. The molecule has 0 atom stereocenters. The van der Waals surface area contributed by atoms with Crippen molar-refractivity contribution in [3.63, 3.8) is 0 Å². The Morgan fingerprint density at radius 2 is 1.81 bits per heavy atom. The summed E-state index contributed by atoms with van der Waals surface area (Å²) in [4.78, 5) is 16.9. The first-order chi connectivity index (χ1) is 13.1. The molecule has 0 fully saturated rings. The molecular weight excluding hydrogens is 360 g/mol. The summed E-state index contributed by atoms with van der Waals surface area (Å²) in [6.07, 6.45) is 0.382. The van der Waals surface area contributed by atoms with E-state index in [2.05, 4.69) is 12.2 Å². The van der Waals surface area contributed by atoms with Crippen molar-refractivity contribution in [1.82, 2.24) is 4.98 Å². The Morgan fingerprint density at radius 1 is 1.07 bits per heavy atom. The molecule has 0 aliphatic carbocycles. The number of amides is 1. The largest absolute Gasteiger partial charge is 0.495 e. The van der Waals surface area contributed by atoms with Gasteiger partial charge in [-0.2, -0.15) is 0 Å². The van der Waals surface area contributed by atoms with Crippen LogP contribution in [0.2, 0.25) is 0 Å². The number of para-hydroxylation sites is 3. The fourth-order valence-corrected chi connectivity index (χ4v) is 3.72. The third-order valence-electron chi connectivity index (χ3n) is 4.17. The number of hydrogen-bond acceptors (Lipinski definition) is 5. The van der Waals surface area contributed by atoms with Crippen molar-refractivity contribution in [3.05, 3.63) is 54.1 Å². The minimum Gasteiger partial charge on any atom is -0.495 e. The van der Waals surface area contributed by atoms with E-state index < -0.39 is 0 Å². The first kappa shape index (κ1) is 19.0. The van der Waals surface area contributed by atoms with Gasteiger partial charge in [0, 0.05) is 17.6 Å². The Kier molecular flexibility index (Phi) is 6.19. The predicted octanol–water partition coefficient (Wildman–Crippen LogP) is 4.68. The van der Waals surface area contributed by atoms with Crippen LogP contribution in [0.5, 0.6) is 11.5 Å². The molecule has 5 nitrogen and oxygen atoms in total. The molecule has 3 rings (SSSR count). The zero-order valence-electron chi connectivity index (χ0n) is 15.6. The van der Waals surface area contributed by atoms with Gasteiger partial charge in [0.15, 0.2) is 0 Å². The molecule has 0 bridgehead atoms. The van der Waals surface area contributed by atoms with Crippen molar-refractivity contribution >= 4 is 34.3 Å². The maximum absolute atomic E-state index is 12.2. The molecule has 0 saturated heterocycles. The lowest BCUT2D eigenvalue weighted by Crippen LogP contribution is -2.12. The number of nitrogens with zero attached hydrogens (tertiary/aromatic N) is 1. The van der Waals surface area contributed by atoms with Gasteiger partial charge in [0.1, 0.15) is 17.0 Å². The highest BCUT2D eigenvalue weighted by atomic mass is 32.2. The fourth-order valence-electron chi connectivity index (χ4n) is 2.81. The number of thioether (sulfide) groups is 1. The highest BCUT2D eigenvalue weighted by molar-refractivity contribution is 7.99. The molecule has 1 N–H and O–H groups in total. The SMILES string of the molecule is COc1ccccc1NC(=O)CCSc1cc(C)c2cccc(OC)c2n1. The summed E-state index contributed by atoms with van der Waals surface area (Å²) in [6.45, 7) is 2.06. The Morgan fingerprint density at radius 3 is 2.59 bits per heavy atom. The van der Waals surface area contributed by atoms with Gasteiger partial charge in [-0.15, -0.1) is 11.8 Å². The topological polar surface area (TPSA) is 60.5 Å². The van der Waals surface area contributed by atoms with Gasteiger partial charge >= 0.3 is 0 Å². The molecule has 1 amide bonds. The molecule has 0 aliphatic heterocycles. The molecule has 1 aromatic heterocycles. The van der Waals surface area contributed by atoms with E-state index in [1.807, 2.05) is 48.5 Å². The van der Waals surface area contributed by atoms with Gasteiger partial charge in [-0.25, -0.2) is 4.98 Å². The Balaban J connectivity index is 1.64. The first-order valence-electron chi connectivity index (χ1n) is 8.62. The lowest BCUT2D eigenvalue weighted by atomic mass is 10.1. The van der Waals surface area contributed by atoms with E-state index in [0.717, 1.165) is 27.2 Å². The second kappa shape index (κ2) is 8.77. The molecule has 0 spiro atoms. The summed E-state index contributed by atoms with van der Waals surface area (Å²) in [7, 11) is 3.23. The van der Waals surface area contributed by atoms with Crippen molar-refractivity contribution in [1.29, 1.82) is 0 Å². The van der Waals surface area contributed by atoms with Gasteiger partial charge in [0.25, 0.3) is 0 Å². The zero-order chi connectivity index (χ0) is 19.2. The number of nitrogens with one attached hydrogen (secondary N) is 1. The number of hydrogen-bond donors (Lipinski definition) is 1. The highest BCUT2D eigenvalue weighted by Crippen LogP contribution is 2.30. The quantitative estimate of drug-likeness (QED) is 0.601. The van der Waals surface area contributed by atoms with Crippen LogP contribution in [0, 0.1) is 6.92 Å². The van der Waals surface area contributed by atoms with Crippen molar-refractivity contribution in [2.45, 2.75) is 18.4 Å². The molecule has 2 aromatic carbocycles. The van der Waals surface area contributed by atoms with Crippen molar-refractivity contribution in [2.24, 2.45) is 0 Å². The minimum absolute atomic E-state index is 0.0536. The number of ether oxygens (including phenoxy) is 2. The molecule has 0 saturated carbocycles. The van der Waals surface area contributed by atoms with Crippen LogP contribution in [-0.2, 0) is 4.79 Å². The van der Waals surface area contributed by atoms with Crippen LogP contribution in [0.1, 0.15) is 12.0 Å². The van der Waals surface area contributed by atoms with Gasteiger partial charge in [-0.05, 0) is 36.8 Å². The van der Waals surface area contributed by atoms with Gasteiger partial charge in [0.05, 0.1) is 24.9 Å². The van der Waals surface area contributed by atoms with Crippen molar-refractivity contribution in [2.75, 3.05) is 25.3 Å².